The van der Waals surface area contributed by atoms with E-state index in [0.29, 0.717) is 11.3 Å². The number of nitrogens with one attached hydrogen (secondary N) is 2. The Labute approximate surface area is 110 Å². The number of benzene rings is 1. The van der Waals surface area contributed by atoms with Gasteiger partial charge in [-0.3, -0.25) is 4.72 Å². The predicted octanol–water partition coefficient (Wildman–Crippen LogP) is 2.27. The summed E-state index contributed by atoms with van der Waals surface area (Å²) in [5.74, 6) is 0. The predicted molar refractivity (Wildman–Crippen MR) is 67.4 cm³/mol. The monoisotopic (exact) mass is 296 g/mol. The molecule has 0 aliphatic carbocycles. The fourth-order valence-electron chi connectivity index (χ4n) is 1.47. The van der Waals surface area contributed by atoms with Crippen molar-refractivity contribution in [2.75, 3.05) is 17.5 Å². The molecule has 0 aliphatic rings. The molecule has 0 saturated carbocycles. The van der Waals surface area contributed by atoms with Crippen molar-refractivity contribution in [2.24, 2.45) is 0 Å². The second-order valence-corrected chi connectivity index (χ2v) is 5.97. The van der Waals surface area contributed by atoms with Gasteiger partial charge in [0.1, 0.15) is 0 Å². The lowest BCUT2D eigenvalue weighted by atomic mass is 10.1. The van der Waals surface area contributed by atoms with E-state index in [-0.39, 0.29) is 0 Å². The van der Waals surface area contributed by atoms with Gasteiger partial charge in [0.15, 0.2) is 0 Å². The molecule has 0 amide bonds. The molecule has 4 nitrogen and oxygen atoms in total. The van der Waals surface area contributed by atoms with Crippen molar-refractivity contribution < 1.29 is 21.6 Å². The zero-order valence-corrected chi connectivity index (χ0v) is 11.3. The number of rotatable bonds is 5. The molecule has 0 aromatic heterocycles. The largest absolute Gasteiger partial charge is 0.401 e. The fourth-order valence-corrected chi connectivity index (χ4v) is 2.03. The molecule has 1 aromatic rings. The SMILES string of the molecule is C[C@@H](NCC(F)(F)F)c1cccc(NS(C)(=O)=O)c1. The molecule has 108 valence electrons. The molecule has 1 aromatic carbocycles. The highest BCUT2D eigenvalue weighted by Gasteiger charge is 2.27. The van der Waals surface area contributed by atoms with Crippen molar-refractivity contribution in [2.45, 2.75) is 19.1 Å². The first-order valence-electron chi connectivity index (χ1n) is 5.45. The second-order valence-electron chi connectivity index (χ2n) is 4.22. The standard InChI is InChI=1S/C11H15F3N2O2S/c1-8(15-7-11(12,13)14)9-4-3-5-10(6-9)16-19(2,17)18/h3-6,8,15-16H,7H2,1-2H3/t8-/m1/s1. The van der Waals surface area contributed by atoms with E-state index in [9.17, 15) is 21.6 Å². The van der Waals surface area contributed by atoms with Gasteiger partial charge < -0.3 is 5.32 Å². The molecule has 0 saturated heterocycles. The van der Waals surface area contributed by atoms with Gasteiger partial charge >= 0.3 is 6.18 Å². The highest BCUT2D eigenvalue weighted by molar-refractivity contribution is 7.92. The third-order valence-electron chi connectivity index (χ3n) is 2.30. The van der Waals surface area contributed by atoms with E-state index in [2.05, 4.69) is 10.0 Å². The van der Waals surface area contributed by atoms with E-state index in [1.54, 1.807) is 19.1 Å². The quantitative estimate of drug-likeness (QED) is 0.876. The van der Waals surface area contributed by atoms with Crippen molar-refractivity contribution in [3.63, 3.8) is 0 Å². The van der Waals surface area contributed by atoms with Crippen LogP contribution < -0.4 is 10.0 Å². The molecule has 0 heterocycles. The van der Waals surface area contributed by atoms with E-state index in [4.69, 9.17) is 0 Å². The maximum Gasteiger partial charge on any atom is 0.401 e. The van der Waals surface area contributed by atoms with Crippen LogP contribution in [0.3, 0.4) is 0 Å². The number of halogens is 3. The van der Waals surface area contributed by atoms with Gasteiger partial charge in [0.25, 0.3) is 0 Å². The molecule has 8 heteroatoms. The third-order valence-corrected chi connectivity index (χ3v) is 2.91. The molecule has 1 atom stereocenters. The summed E-state index contributed by atoms with van der Waals surface area (Å²) in [6.45, 7) is 0.475. The van der Waals surface area contributed by atoms with Crippen LogP contribution in [0.4, 0.5) is 18.9 Å². The van der Waals surface area contributed by atoms with Gasteiger partial charge in [0.05, 0.1) is 12.8 Å². The number of alkyl halides is 3. The summed E-state index contributed by atoms with van der Waals surface area (Å²) >= 11 is 0. The van der Waals surface area contributed by atoms with E-state index < -0.39 is 28.8 Å². The van der Waals surface area contributed by atoms with Gasteiger partial charge in [-0.05, 0) is 24.6 Å². The number of sulfonamides is 1. The van der Waals surface area contributed by atoms with Crippen LogP contribution in [-0.4, -0.2) is 27.4 Å². The highest BCUT2D eigenvalue weighted by atomic mass is 32.2. The first-order chi connectivity index (χ1) is 8.57. The van der Waals surface area contributed by atoms with Crippen LogP contribution in [0.15, 0.2) is 24.3 Å². The van der Waals surface area contributed by atoms with Gasteiger partial charge in [-0.2, -0.15) is 13.2 Å². The zero-order chi connectivity index (χ0) is 14.7. The van der Waals surface area contributed by atoms with Crippen molar-refractivity contribution in [1.29, 1.82) is 0 Å². The smallest absolute Gasteiger partial charge is 0.302 e. The zero-order valence-electron chi connectivity index (χ0n) is 10.5. The Morgan fingerprint density at radius 1 is 1.32 bits per heavy atom. The van der Waals surface area contributed by atoms with E-state index in [1.165, 1.54) is 12.1 Å². The normalized spacial score (nSPS) is 14.2. The first-order valence-corrected chi connectivity index (χ1v) is 7.34. The van der Waals surface area contributed by atoms with Crippen LogP contribution in [0.25, 0.3) is 0 Å². The minimum absolute atomic E-state index is 0.320. The Morgan fingerprint density at radius 2 is 1.95 bits per heavy atom. The summed E-state index contributed by atoms with van der Waals surface area (Å²) in [6, 6.07) is 5.69. The van der Waals surface area contributed by atoms with Crippen molar-refractivity contribution in [3.05, 3.63) is 29.8 Å². The minimum atomic E-state index is -4.28. The van der Waals surface area contributed by atoms with Crippen LogP contribution in [0.2, 0.25) is 0 Å². The van der Waals surface area contributed by atoms with Crippen LogP contribution in [0.5, 0.6) is 0 Å². The topological polar surface area (TPSA) is 58.2 Å². The van der Waals surface area contributed by atoms with Gasteiger partial charge in [0.2, 0.25) is 10.0 Å². The molecule has 1 rings (SSSR count). The summed E-state index contributed by atoms with van der Waals surface area (Å²) in [6.07, 6.45) is -3.28. The fraction of sp³-hybridized carbons (Fsp3) is 0.455. The van der Waals surface area contributed by atoms with Gasteiger partial charge in [0, 0.05) is 11.7 Å². The Hall–Kier alpha value is -1.28. The van der Waals surface area contributed by atoms with Crippen molar-refractivity contribution >= 4 is 15.7 Å². The lowest BCUT2D eigenvalue weighted by molar-refractivity contribution is -0.126. The summed E-state index contributed by atoms with van der Waals surface area (Å²) in [4.78, 5) is 0. The Bertz CT molecular complexity index is 529. The number of hydrogen-bond donors (Lipinski definition) is 2. The molecule has 0 bridgehead atoms. The first kappa shape index (κ1) is 15.8. The van der Waals surface area contributed by atoms with Crippen LogP contribution >= 0.6 is 0 Å². The molecule has 2 N–H and O–H groups in total. The molecule has 0 radical (unpaired) electrons. The van der Waals surface area contributed by atoms with Gasteiger partial charge in [-0.25, -0.2) is 8.42 Å². The minimum Gasteiger partial charge on any atom is -0.302 e. The van der Waals surface area contributed by atoms with E-state index in [1.807, 2.05) is 0 Å². The molecular formula is C11H15F3N2O2S. The molecule has 0 fully saturated rings. The van der Waals surface area contributed by atoms with Crippen molar-refractivity contribution in [1.82, 2.24) is 5.32 Å². The lowest BCUT2D eigenvalue weighted by Crippen LogP contribution is -2.30. The van der Waals surface area contributed by atoms with E-state index >= 15 is 0 Å². The maximum atomic E-state index is 12.1. The van der Waals surface area contributed by atoms with Crippen LogP contribution in [0.1, 0.15) is 18.5 Å². The van der Waals surface area contributed by atoms with Crippen molar-refractivity contribution in [3.8, 4) is 0 Å². The average Bonchev–Trinajstić information content (AvgIpc) is 2.23. The number of anilines is 1. The third kappa shape index (κ3) is 6.44. The summed E-state index contributed by atoms with van der Waals surface area (Å²) in [5.41, 5.74) is 0.888. The molecule has 0 aliphatic heterocycles. The number of hydrogen-bond acceptors (Lipinski definition) is 3. The highest BCUT2D eigenvalue weighted by Crippen LogP contribution is 2.20. The van der Waals surface area contributed by atoms with Gasteiger partial charge in [-0.15, -0.1) is 0 Å². The summed E-state index contributed by atoms with van der Waals surface area (Å²) in [5, 5.41) is 2.33. The molecule has 0 spiro atoms. The summed E-state index contributed by atoms with van der Waals surface area (Å²) < 4.78 is 60.6. The second kappa shape index (κ2) is 5.79. The van der Waals surface area contributed by atoms with E-state index in [0.717, 1.165) is 6.26 Å². The Morgan fingerprint density at radius 3 is 2.47 bits per heavy atom. The van der Waals surface area contributed by atoms with Crippen LogP contribution in [-0.2, 0) is 10.0 Å². The molecule has 0 unspecified atom stereocenters. The maximum absolute atomic E-state index is 12.1. The molecular weight excluding hydrogens is 281 g/mol. The summed E-state index contributed by atoms with van der Waals surface area (Å²) in [7, 11) is -3.41. The Balaban J connectivity index is 2.76. The van der Waals surface area contributed by atoms with Gasteiger partial charge in [-0.1, -0.05) is 12.1 Å². The lowest BCUT2D eigenvalue weighted by Gasteiger charge is -2.16. The van der Waals surface area contributed by atoms with Crippen LogP contribution in [0, 0.1) is 0 Å². The molecule has 19 heavy (non-hydrogen) atoms. The Kier molecular flexibility index (Phi) is 4.81. The average molecular weight is 296 g/mol.